The molecule has 1 rings (SSSR count). The van der Waals surface area contributed by atoms with Crippen LogP contribution in [0.2, 0.25) is 0 Å². The van der Waals surface area contributed by atoms with E-state index in [-0.39, 0.29) is 12.4 Å². The van der Waals surface area contributed by atoms with Gasteiger partial charge in [-0.2, -0.15) is 8.78 Å². The lowest BCUT2D eigenvalue weighted by Crippen LogP contribution is -2.13. The van der Waals surface area contributed by atoms with E-state index in [0.717, 1.165) is 38.5 Å². The summed E-state index contributed by atoms with van der Waals surface area (Å²) < 4.78 is 75.4. The van der Waals surface area contributed by atoms with Gasteiger partial charge in [0.25, 0.3) is 0 Å². The van der Waals surface area contributed by atoms with Crippen LogP contribution < -0.4 is 4.74 Å². The van der Waals surface area contributed by atoms with Gasteiger partial charge in [-0.05, 0) is 19.3 Å². The molecule has 0 aliphatic carbocycles. The van der Waals surface area contributed by atoms with Crippen LogP contribution in [0.3, 0.4) is 0 Å². The summed E-state index contributed by atoms with van der Waals surface area (Å²) in [7, 11) is 0. The average Bonchev–Trinajstić information content (AvgIpc) is 2.73. The number of rotatable bonds is 14. The number of hydrogen-bond donors (Lipinski definition) is 0. The summed E-state index contributed by atoms with van der Waals surface area (Å²) in [6.07, 6.45) is 7.18. The summed E-state index contributed by atoms with van der Waals surface area (Å²) >= 11 is 0. The molecule has 0 saturated heterocycles. The van der Waals surface area contributed by atoms with Crippen LogP contribution in [0, 0.1) is 29.1 Å². The second-order valence-corrected chi connectivity index (χ2v) is 6.92. The van der Waals surface area contributed by atoms with Crippen molar-refractivity contribution in [3.05, 3.63) is 29.1 Å². The number of hydrogen-bond acceptors (Lipinski definition) is 4. The minimum atomic E-state index is -2.31. The van der Waals surface area contributed by atoms with Gasteiger partial charge in [-0.25, -0.2) is 13.2 Å². The highest BCUT2D eigenvalue weighted by molar-refractivity contribution is 5.72. The van der Waals surface area contributed by atoms with Crippen molar-refractivity contribution in [3.63, 3.8) is 0 Å². The van der Waals surface area contributed by atoms with E-state index in [4.69, 9.17) is 4.74 Å². The second-order valence-electron chi connectivity index (χ2n) is 6.92. The molecule has 0 amide bonds. The molecule has 9 heteroatoms. The van der Waals surface area contributed by atoms with Gasteiger partial charge in [-0.15, -0.1) is 0 Å². The van der Waals surface area contributed by atoms with Gasteiger partial charge in [0.2, 0.25) is 34.8 Å². The molecule has 0 N–H and O–H groups in total. The fourth-order valence-electron chi connectivity index (χ4n) is 2.70. The van der Waals surface area contributed by atoms with Gasteiger partial charge in [-0.1, -0.05) is 45.4 Å². The molecule has 0 aliphatic rings. The van der Waals surface area contributed by atoms with Crippen molar-refractivity contribution in [2.75, 3.05) is 6.61 Å². The fourth-order valence-corrected chi connectivity index (χ4v) is 2.70. The molecule has 0 fully saturated rings. The van der Waals surface area contributed by atoms with Crippen LogP contribution in [0.25, 0.3) is 0 Å². The fraction of sp³-hybridized carbons (Fsp3) is 0.619. The molecule has 4 nitrogen and oxygen atoms in total. The van der Waals surface area contributed by atoms with Gasteiger partial charge >= 0.3 is 11.9 Å². The number of unbranched alkanes of at least 4 members (excludes halogenated alkanes) is 7. The molecule has 0 heterocycles. The van der Waals surface area contributed by atoms with E-state index in [2.05, 4.69) is 11.7 Å². The number of carbonyl (C=O) groups is 2. The molecule has 0 atom stereocenters. The zero-order valence-corrected chi connectivity index (χ0v) is 17.0. The Labute approximate surface area is 172 Å². The average molecular weight is 438 g/mol. The number of ether oxygens (including phenoxy) is 2. The molecule has 0 aliphatic heterocycles. The van der Waals surface area contributed by atoms with Crippen molar-refractivity contribution >= 4 is 11.9 Å². The molecule has 1 aromatic carbocycles. The van der Waals surface area contributed by atoms with Crippen LogP contribution in [-0.4, -0.2) is 18.5 Å². The molecule has 170 valence electrons. The molecule has 0 radical (unpaired) electrons. The minimum Gasteiger partial charge on any atom is -0.466 e. The van der Waals surface area contributed by atoms with Crippen molar-refractivity contribution in [3.8, 4) is 5.75 Å². The number of carbonyl (C=O) groups excluding carboxylic acids is 2. The largest absolute Gasteiger partial charge is 0.466 e. The van der Waals surface area contributed by atoms with Gasteiger partial charge < -0.3 is 9.47 Å². The lowest BCUT2D eigenvalue weighted by molar-refractivity contribution is -0.144. The molecular formula is C21H27F5O4. The van der Waals surface area contributed by atoms with Gasteiger partial charge in [0, 0.05) is 12.8 Å². The van der Waals surface area contributed by atoms with Crippen LogP contribution >= 0.6 is 0 Å². The van der Waals surface area contributed by atoms with Gasteiger partial charge in [0.05, 0.1) is 6.61 Å². The van der Waals surface area contributed by atoms with E-state index in [1.54, 1.807) is 0 Å². The first-order chi connectivity index (χ1) is 14.3. The molecule has 1 aromatic rings. The van der Waals surface area contributed by atoms with Crippen LogP contribution in [0.15, 0.2) is 0 Å². The molecule has 0 spiro atoms. The molecule has 0 saturated carbocycles. The number of esters is 2. The first-order valence-electron chi connectivity index (χ1n) is 10.2. The summed E-state index contributed by atoms with van der Waals surface area (Å²) in [4.78, 5) is 23.1. The van der Waals surface area contributed by atoms with E-state index in [1.165, 1.54) is 0 Å². The normalized spacial score (nSPS) is 10.9. The first kappa shape index (κ1) is 25.8. The monoisotopic (exact) mass is 438 g/mol. The predicted octanol–water partition coefficient (Wildman–Crippen LogP) is 6.14. The highest BCUT2D eigenvalue weighted by Gasteiger charge is 2.28. The van der Waals surface area contributed by atoms with Crippen LogP contribution in [0.1, 0.15) is 77.6 Å². The smallest absolute Gasteiger partial charge is 0.311 e. The second kappa shape index (κ2) is 13.9. The SMILES string of the molecule is CCCCCOC(=O)CCCCCCCCC(=O)Oc1c(F)c(F)c(F)c(F)c1F. The summed E-state index contributed by atoms with van der Waals surface area (Å²) in [5.74, 6) is -13.9. The zero-order valence-electron chi connectivity index (χ0n) is 17.0. The predicted molar refractivity (Wildman–Crippen MR) is 99.3 cm³/mol. The molecule has 0 bridgehead atoms. The molecule has 0 unspecified atom stereocenters. The lowest BCUT2D eigenvalue weighted by Gasteiger charge is -2.08. The number of benzene rings is 1. The summed E-state index contributed by atoms with van der Waals surface area (Å²) in [6, 6.07) is 0. The van der Waals surface area contributed by atoms with Crippen molar-refractivity contribution in [1.82, 2.24) is 0 Å². The van der Waals surface area contributed by atoms with Crippen molar-refractivity contribution < 1.29 is 41.0 Å². The zero-order chi connectivity index (χ0) is 22.5. The first-order valence-corrected chi connectivity index (χ1v) is 10.2. The Morgan fingerprint density at radius 1 is 0.633 bits per heavy atom. The summed E-state index contributed by atoms with van der Waals surface area (Å²) in [5.41, 5.74) is 0. The highest BCUT2D eigenvalue weighted by Crippen LogP contribution is 2.29. The van der Waals surface area contributed by atoms with E-state index in [0.29, 0.717) is 32.3 Å². The summed E-state index contributed by atoms with van der Waals surface area (Å²) in [5, 5.41) is 0. The van der Waals surface area contributed by atoms with E-state index >= 15 is 0 Å². The van der Waals surface area contributed by atoms with Crippen LogP contribution in [0.4, 0.5) is 22.0 Å². The van der Waals surface area contributed by atoms with Crippen LogP contribution in [-0.2, 0) is 14.3 Å². The topological polar surface area (TPSA) is 52.6 Å². The molecular weight excluding hydrogens is 411 g/mol. The van der Waals surface area contributed by atoms with Crippen molar-refractivity contribution in [2.45, 2.75) is 77.6 Å². The quantitative estimate of drug-likeness (QED) is 0.0874. The van der Waals surface area contributed by atoms with Gasteiger partial charge in [-0.3, -0.25) is 9.59 Å². The van der Waals surface area contributed by atoms with Crippen molar-refractivity contribution in [2.24, 2.45) is 0 Å². The Morgan fingerprint density at radius 2 is 1.10 bits per heavy atom. The van der Waals surface area contributed by atoms with E-state index in [1.807, 2.05) is 0 Å². The Kier molecular flexibility index (Phi) is 12.0. The minimum absolute atomic E-state index is 0.207. The molecule has 30 heavy (non-hydrogen) atoms. The Bertz CT molecular complexity index is 680. The maximum atomic E-state index is 13.5. The highest BCUT2D eigenvalue weighted by atomic mass is 19.2. The Balaban J connectivity index is 2.17. The Hall–Kier alpha value is -2.19. The third kappa shape index (κ3) is 8.67. The van der Waals surface area contributed by atoms with Gasteiger partial charge in [0.1, 0.15) is 0 Å². The van der Waals surface area contributed by atoms with Gasteiger partial charge in [0.15, 0.2) is 0 Å². The lowest BCUT2D eigenvalue weighted by atomic mass is 10.1. The third-order valence-corrected chi connectivity index (χ3v) is 4.41. The van der Waals surface area contributed by atoms with Crippen LogP contribution in [0.5, 0.6) is 5.75 Å². The standard InChI is InChI=1S/C21H27F5O4/c1-2-3-10-13-29-14(27)11-8-6-4-5-7-9-12-15(28)30-21-19(25)17(23)16(22)18(24)20(21)26/h2-13H2,1H3. The third-order valence-electron chi connectivity index (χ3n) is 4.41. The maximum Gasteiger partial charge on any atom is 0.311 e. The number of halogens is 5. The molecule has 0 aromatic heterocycles. The van der Waals surface area contributed by atoms with E-state index in [9.17, 15) is 31.5 Å². The maximum absolute atomic E-state index is 13.5. The van der Waals surface area contributed by atoms with E-state index < -0.39 is 40.8 Å². The Morgan fingerprint density at radius 3 is 1.63 bits per heavy atom. The summed E-state index contributed by atoms with van der Waals surface area (Å²) in [6.45, 7) is 2.52. The van der Waals surface area contributed by atoms with Crippen molar-refractivity contribution in [1.29, 1.82) is 0 Å².